The molecule has 0 aliphatic rings. The van der Waals surface area contributed by atoms with Gasteiger partial charge in [0, 0.05) is 30.2 Å². The summed E-state index contributed by atoms with van der Waals surface area (Å²) >= 11 is 0. The maximum absolute atomic E-state index is 15.0. The van der Waals surface area contributed by atoms with Gasteiger partial charge in [0.05, 0.1) is 34.0 Å². The van der Waals surface area contributed by atoms with E-state index in [1.165, 1.54) is 6.07 Å². The van der Waals surface area contributed by atoms with Crippen molar-refractivity contribution in [3.63, 3.8) is 0 Å². The van der Waals surface area contributed by atoms with Crippen molar-refractivity contribution in [1.29, 1.82) is 0 Å². The Morgan fingerprint density at radius 1 is 1.26 bits per heavy atom. The number of fused-ring (bicyclic) bond motifs is 2. The molecule has 5 rings (SSSR count). The molecular formula is C23H20FN5O2. The number of hydrogen-bond acceptors (Lipinski definition) is 5. The predicted molar refractivity (Wildman–Crippen MR) is 115 cm³/mol. The Bertz CT molecular complexity index is 1500. The molecule has 0 aliphatic heterocycles. The molecule has 31 heavy (non-hydrogen) atoms. The number of halogens is 1. The van der Waals surface area contributed by atoms with Crippen molar-refractivity contribution in [1.82, 2.24) is 24.1 Å². The van der Waals surface area contributed by atoms with Crippen LogP contribution in [-0.4, -0.2) is 24.1 Å². The van der Waals surface area contributed by atoms with Crippen molar-refractivity contribution in [2.75, 3.05) is 0 Å². The van der Waals surface area contributed by atoms with E-state index in [1.807, 2.05) is 26.8 Å². The van der Waals surface area contributed by atoms with Crippen LogP contribution in [0.1, 0.15) is 37.0 Å². The number of imidazole rings is 1. The molecule has 0 unspecified atom stereocenters. The van der Waals surface area contributed by atoms with E-state index in [0.29, 0.717) is 34.3 Å². The van der Waals surface area contributed by atoms with E-state index < -0.39 is 5.82 Å². The number of hydrogen-bond donors (Lipinski definition) is 0. The molecule has 5 aromatic heterocycles. The Labute approximate surface area is 176 Å². The van der Waals surface area contributed by atoms with Gasteiger partial charge in [0.1, 0.15) is 0 Å². The normalized spacial score (nSPS) is 12.6. The van der Waals surface area contributed by atoms with Crippen molar-refractivity contribution in [3.8, 4) is 11.3 Å². The van der Waals surface area contributed by atoms with Gasteiger partial charge in [-0.3, -0.25) is 14.2 Å². The third-order valence-electron chi connectivity index (χ3n) is 5.55. The molecule has 0 N–H and O–H groups in total. The summed E-state index contributed by atoms with van der Waals surface area (Å²) in [6.45, 7) is 5.68. The first kappa shape index (κ1) is 19.2. The smallest absolute Gasteiger partial charge is 0.260 e. The highest BCUT2D eigenvalue weighted by molar-refractivity contribution is 5.76. The Morgan fingerprint density at radius 3 is 2.84 bits per heavy atom. The van der Waals surface area contributed by atoms with Crippen LogP contribution in [0, 0.1) is 12.7 Å². The van der Waals surface area contributed by atoms with Crippen molar-refractivity contribution < 1.29 is 8.91 Å². The lowest BCUT2D eigenvalue weighted by Gasteiger charge is -2.17. The van der Waals surface area contributed by atoms with Crippen LogP contribution in [-0.2, 0) is 6.42 Å². The summed E-state index contributed by atoms with van der Waals surface area (Å²) in [5.74, 6) is 0.00681. The van der Waals surface area contributed by atoms with E-state index in [-0.39, 0.29) is 17.2 Å². The molecule has 8 heteroatoms. The third-order valence-corrected chi connectivity index (χ3v) is 5.55. The van der Waals surface area contributed by atoms with E-state index in [4.69, 9.17) is 4.52 Å². The van der Waals surface area contributed by atoms with Gasteiger partial charge in [-0.15, -0.1) is 0 Å². The van der Waals surface area contributed by atoms with Gasteiger partial charge in [0.15, 0.2) is 17.2 Å². The maximum atomic E-state index is 15.0. The summed E-state index contributed by atoms with van der Waals surface area (Å²) in [5.41, 5.74) is 3.44. The van der Waals surface area contributed by atoms with Crippen LogP contribution >= 0.6 is 0 Å². The van der Waals surface area contributed by atoms with Gasteiger partial charge in [0.25, 0.3) is 5.56 Å². The quantitative estimate of drug-likeness (QED) is 0.435. The molecule has 0 bridgehead atoms. The first-order valence-electron chi connectivity index (χ1n) is 10.1. The molecule has 5 heterocycles. The van der Waals surface area contributed by atoms with Crippen LogP contribution in [0.3, 0.4) is 0 Å². The molecule has 0 saturated heterocycles. The molecule has 0 spiro atoms. The fraction of sp³-hybridized carbons (Fsp3) is 0.217. The van der Waals surface area contributed by atoms with Gasteiger partial charge < -0.3 is 9.09 Å². The summed E-state index contributed by atoms with van der Waals surface area (Å²) in [6.07, 6.45) is 5.76. The number of aromatic nitrogens is 5. The minimum atomic E-state index is -0.463. The highest BCUT2D eigenvalue weighted by Gasteiger charge is 2.23. The minimum Gasteiger partial charge on any atom is -0.356 e. The highest BCUT2D eigenvalue weighted by atomic mass is 19.1. The molecule has 0 radical (unpaired) electrons. The Morgan fingerprint density at radius 2 is 2.10 bits per heavy atom. The maximum Gasteiger partial charge on any atom is 0.260 e. The van der Waals surface area contributed by atoms with Crippen LogP contribution in [0.5, 0.6) is 0 Å². The van der Waals surface area contributed by atoms with E-state index in [0.717, 1.165) is 11.4 Å². The Kier molecular flexibility index (Phi) is 4.43. The van der Waals surface area contributed by atoms with Crippen LogP contribution in [0.15, 0.2) is 58.2 Å². The van der Waals surface area contributed by atoms with Gasteiger partial charge in [-0.05, 0) is 44.5 Å². The zero-order valence-corrected chi connectivity index (χ0v) is 17.3. The summed E-state index contributed by atoms with van der Waals surface area (Å²) in [4.78, 5) is 21.9. The van der Waals surface area contributed by atoms with Gasteiger partial charge in [-0.2, -0.15) is 0 Å². The molecule has 0 fully saturated rings. The topological polar surface area (TPSA) is 78.2 Å². The van der Waals surface area contributed by atoms with Crippen molar-refractivity contribution in [2.24, 2.45) is 0 Å². The Hall–Kier alpha value is -3.81. The second-order valence-electron chi connectivity index (χ2n) is 7.54. The lowest BCUT2D eigenvalue weighted by Crippen LogP contribution is -2.25. The van der Waals surface area contributed by atoms with Crippen LogP contribution in [0.2, 0.25) is 0 Å². The number of pyridine rings is 3. The average molecular weight is 417 g/mol. The molecule has 1 atom stereocenters. The molecular weight excluding hydrogens is 397 g/mol. The zero-order valence-electron chi connectivity index (χ0n) is 17.3. The second kappa shape index (κ2) is 7.16. The fourth-order valence-electron chi connectivity index (χ4n) is 4.03. The zero-order chi connectivity index (χ0) is 21.7. The van der Waals surface area contributed by atoms with Gasteiger partial charge in [-0.25, -0.2) is 9.37 Å². The molecule has 0 aliphatic carbocycles. The summed E-state index contributed by atoms with van der Waals surface area (Å²) in [7, 11) is 0. The highest BCUT2D eigenvalue weighted by Crippen LogP contribution is 2.29. The Balaban J connectivity index is 1.74. The number of nitrogens with zero attached hydrogens (tertiary/aromatic N) is 5. The molecule has 0 saturated carbocycles. The van der Waals surface area contributed by atoms with E-state index in [2.05, 4.69) is 15.1 Å². The van der Waals surface area contributed by atoms with Gasteiger partial charge in [-0.1, -0.05) is 12.1 Å². The van der Waals surface area contributed by atoms with Crippen LogP contribution < -0.4 is 5.56 Å². The summed E-state index contributed by atoms with van der Waals surface area (Å²) in [6, 6.07) is 8.07. The van der Waals surface area contributed by atoms with E-state index in [1.54, 1.807) is 45.8 Å². The number of rotatable bonds is 4. The molecule has 0 aromatic carbocycles. The van der Waals surface area contributed by atoms with Crippen LogP contribution in [0.25, 0.3) is 27.9 Å². The fourth-order valence-corrected chi connectivity index (χ4v) is 4.03. The standard InChI is InChI=1S/C23H20FN5O2/c1-4-18-21(14(3)28-9-7-19-16(23(28)30)6-5-8-25-19)29-12-15(11-17(24)22(29)26-18)20-10-13(2)27-31-20/h5-12,14H,4H2,1-3H3/t14-/m1/s1. The lowest BCUT2D eigenvalue weighted by atomic mass is 10.1. The SMILES string of the molecule is CCc1nc2c(F)cc(-c3cc(C)no3)cn2c1[C@@H](C)n1ccc2ncccc2c1=O. The first-order valence-corrected chi connectivity index (χ1v) is 10.1. The minimum absolute atomic E-state index is 0.155. The van der Waals surface area contributed by atoms with Crippen LogP contribution in [0.4, 0.5) is 4.39 Å². The molecule has 156 valence electrons. The molecule has 0 amide bonds. The van der Waals surface area contributed by atoms with Crippen molar-refractivity contribution >= 4 is 16.6 Å². The van der Waals surface area contributed by atoms with E-state index >= 15 is 4.39 Å². The largest absolute Gasteiger partial charge is 0.356 e. The molecule has 5 aromatic rings. The number of aryl methyl sites for hydroxylation is 2. The molecule has 7 nitrogen and oxygen atoms in total. The second-order valence-corrected chi connectivity index (χ2v) is 7.54. The summed E-state index contributed by atoms with van der Waals surface area (Å²) < 4.78 is 23.7. The predicted octanol–water partition coefficient (Wildman–Crippen LogP) is 4.32. The van der Waals surface area contributed by atoms with E-state index in [9.17, 15) is 4.79 Å². The van der Waals surface area contributed by atoms with Gasteiger partial charge in [0.2, 0.25) is 0 Å². The van der Waals surface area contributed by atoms with Crippen molar-refractivity contribution in [2.45, 2.75) is 33.2 Å². The first-order chi connectivity index (χ1) is 15.0. The average Bonchev–Trinajstić information content (AvgIpc) is 3.37. The summed E-state index contributed by atoms with van der Waals surface area (Å²) in [5, 5.41) is 4.43. The van der Waals surface area contributed by atoms with Gasteiger partial charge >= 0.3 is 0 Å². The third kappa shape index (κ3) is 3.02. The lowest BCUT2D eigenvalue weighted by molar-refractivity contribution is 0.426. The monoisotopic (exact) mass is 417 g/mol. The van der Waals surface area contributed by atoms with Crippen molar-refractivity contribution in [3.05, 3.63) is 82.2 Å².